The van der Waals surface area contributed by atoms with Gasteiger partial charge in [-0.05, 0) is 6.32 Å². The van der Waals surface area contributed by atoms with Crippen LogP contribution in [0, 0.1) is 0 Å². The summed E-state index contributed by atoms with van der Waals surface area (Å²) in [6.07, 6.45) is 9.41. The second kappa shape index (κ2) is 8.83. The summed E-state index contributed by atoms with van der Waals surface area (Å²) in [5, 5.41) is 0. The van der Waals surface area contributed by atoms with E-state index < -0.39 is 0 Å². The van der Waals surface area contributed by atoms with Crippen molar-refractivity contribution >= 4 is 13.0 Å². The molecule has 0 saturated carbocycles. The molecule has 0 aromatic heterocycles. The molecule has 0 heterocycles. The van der Waals surface area contributed by atoms with Gasteiger partial charge in [-0.2, -0.15) is 0 Å². The molecule has 0 bridgehead atoms. The first-order valence-electron chi connectivity index (χ1n) is 5.28. The van der Waals surface area contributed by atoms with Gasteiger partial charge in [-0.3, -0.25) is 0 Å². The van der Waals surface area contributed by atoms with Gasteiger partial charge in [0.15, 0.2) is 0 Å². The fourth-order valence-corrected chi connectivity index (χ4v) is 1.50. The molecule has 0 fully saturated rings. The van der Waals surface area contributed by atoms with Crippen LogP contribution >= 0.6 is 0 Å². The summed E-state index contributed by atoms with van der Waals surface area (Å²) in [6.45, 7) is 5.08. The van der Waals surface area contributed by atoms with E-state index in [1.165, 1.54) is 38.3 Å². The predicted octanol–water partition coefficient (Wildman–Crippen LogP) is 3.28. The summed E-state index contributed by atoms with van der Waals surface area (Å²) in [4.78, 5) is 10.3. The minimum absolute atomic E-state index is 0.669. The zero-order valence-corrected chi connectivity index (χ0v) is 8.51. The Morgan fingerprint density at radius 1 is 1.08 bits per heavy atom. The lowest BCUT2D eigenvalue weighted by atomic mass is 9.42. The first-order chi connectivity index (χ1) is 5.85. The lowest BCUT2D eigenvalue weighted by Gasteiger charge is -2.08. The fourth-order valence-electron chi connectivity index (χ4n) is 1.50. The fraction of sp³-hybridized carbons (Fsp3) is 0.900. The molecular formula is C10H21BO. The third-order valence-electron chi connectivity index (χ3n) is 2.36. The van der Waals surface area contributed by atoms with Crippen molar-refractivity contribution in [3.8, 4) is 0 Å². The molecule has 0 aliphatic heterocycles. The van der Waals surface area contributed by atoms with E-state index >= 15 is 0 Å². The molecule has 12 heavy (non-hydrogen) atoms. The Kier molecular flexibility index (Phi) is 8.63. The number of hydrogen-bond donors (Lipinski definition) is 0. The van der Waals surface area contributed by atoms with E-state index in [2.05, 4.69) is 13.8 Å². The van der Waals surface area contributed by atoms with Gasteiger partial charge in [0.2, 0.25) is 0 Å². The summed E-state index contributed by atoms with van der Waals surface area (Å²) in [7, 11) is 0. The molecule has 0 aliphatic carbocycles. The predicted molar refractivity (Wildman–Crippen MR) is 56.1 cm³/mol. The normalized spacial score (nSPS) is 9.83. The van der Waals surface area contributed by atoms with E-state index in [-0.39, 0.29) is 0 Å². The van der Waals surface area contributed by atoms with E-state index in [9.17, 15) is 4.79 Å². The van der Waals surface area contributed by atoms with Crippen molar-refractivity contribution in [3.63, 3.8) is 0 Å². The van der Waals surface area contributed by atoms with Crippen LogP contribution in [0.5, 0.6) is 0 Å². The highest BCUT2D eigenvalue weighted by Gasteiger charge is 2.10. The summed E-state index contributed by atoms with van der Waals surface area (Å²) in [5.74, 6) is 0. The van der Waals surface area contributed by atoms with E-state index in [1.54, 1.807) is 0 Å². The molecule has 0 aromatic rings. The number of carbonyl (C=O) groups excluding carboxylic acids is 1. The third kappa shape index (κ3) is 6.45. The molecule has 0 radical (unpaired) electrons. The lowest BCUT2D eigenvalue weighted by Crippen LogP contribution is -2.11. The Hall–Kier alpha value is -0.265. The Balaban J connectivity index is 3.46. The largest absolute Gasteiger partial charge is 0.304 e. The maximum atomic E-state index is 10.3. The average Bonchev–Trinajstić information content (AvgIpc) is 2.10. The van der Waals surface area contributed by atoms with Crippen LogP contribution in [0.15, 0.2) is 0 Å². The summed E-state index contributed by atoms with van der Waals surface area (Å²) >= 11 is 0. The van der Waals surface area contributed by atoms with Crippen molar-refractivity contribution in [2.75, 3.05) is 0 Å². The molecule has 2 heteroatoms. The highest BCUT2D eigenvalue weighted by atomic mass is 16.1. The van der Waals surface area contributed by atoms with Crippen molar-refractivity contribution < 1.29 is 4.79 Å². The van der Waals surface area contributed by atoms with Crippen LogP contribution in [0.4, 0.5) is 0 Å². The molecule has 0 atom stereocenters. The van der Waals surface area contributed by atoms with Crippen molar-refractivity contribution in [2.45, 2.75) is 58.5 Å². The Morgan fingerprint density at radius 3 is 1.92 bits per heavy atom. The molecule has 0 N–H and O–H groups in total. The third-order valence-corrected chi connectivity index (χ3v) is 2.36. The first kappa shape index (κ1) is 11.7. The van der Waals surface area contributed by atoms with Crippen LogP contribution in [-0.4, -0.2) is 13.0 Å². The molecule has 1 nitrogen and oxygen atoms in total. The SMILES string of the molecule is CCCCB(CC=O)CCCC. The second-order valence-corrected chi connectivity index (χ2v) is 3.55. The Morgan fingerprint density at radius 2 is 1.58 bits per heavy atom. The maximum absolute atomic E-state index is 10.3. The molecule has 70 valence electrons. The van der Waals surface area contributed by atoms with Gasteiger partial charge >= 0.3 is 0 Å². The highest BCUT2D eigenvalue weighted by Crippen LogP contribution is 2.12. The van der Waals surface area contributed by atoms with Crippen LogP contribution in [0.25, 0.3) is 0 Å². The summed E-state index contributed by atoms with van der Waals surface area (Å²) in [6, 6.07) is 0. The van der Waals surface area contributed by atoms with Gasteiger partial charge in [0, 0.05) is 0 Å². The topological polar surface area (TPSA) is 17.1 Å². The van der Waals surface area contributed by atoms with Gasteiger partial charge in [0.1, 0.15) is 13.0 Å². The molecule has 0 aromatic carbocycles. The van der Waals surface area contributed by atoms with E-state index in [4.69, 9.17) is 0 Å². The van der Waals surface area contributed by atoms with Gasteiger partial charge in [0.25, 0.3) is 0 Å². The minimum Gasteiger partial charge on any atom is -0.304 e. The quantitative estimate of drug-likeness (QED) is 0.401. The van der Waals surface area contributed by atoms with Crippen molar-refractivity contribution in [2.24, 2.45) is 0 Å². The van der Waals surface area contributed by atoms with Crippen LogP contribution in [-0.2, 0) is 4.79 Å². The van der Waals surface area contributed by atoms with E-state index in [0.717, 1.165) is 12.6 Å². The second-order valence-electron chi connectivity index (χ2n) is 3.55. The maximum Gasteiger partial charge on any atom is 0.148 e. The Labute approximate surface area is 77.0 Å². The summed E-state index contributed by atoms with van der Waals surface area (Å²) in [5.41, 5.74) is 0. The van der Waals surface area contributed by atoms with Crippen molar-refractivity contribution in [1.82, 2.24) is 0 Å². The molecule has 0 amide bonds. The van der Waals surface area contributed by atoms with Crippen LogP contribution in [0.3, 0.4) is 0 Å². The summed E-state index contributed by atoms with van der Waals surface area (Å²) < 4.78 is 0. The lowest BCUT2D eigenvalue weighted by molar-refractivity contribution is -0.106. The van der Waals surface area contributed by atoms with Gasteiger partial charge in [0.05, 0.1) is 0 Å². The van der Waals surface area contributed by atoms with Gasteiger partial charge < -0.3 is 4.79 Å². The number of unbranched alkanes of at least 4 members (excludes halogenated alkanes) is 2. The van der Waals surface area contributed by atoms with Crippen molar-refractivity contribution in [1.29, 1.82) is 0 Å². The molecule has 0 rings (SSSR count). The zero-order chi connectivity index (χ0) is 9.23. The first-order valence-corrected chi connectivity index (χ1v) is 5.28. The molecular weight excluding hydrogens is 147 g/mol. The zero-order valence-electron chi connectivity index (χ0n) is 8.51. The van der Waals surface area contributed by atoms with Crippen LogP contribution in [0.2, 0.25) is 19.0 Å². The number of aldehydes is 1. The van der Waals surface area contributed by atoms with Crippen LogP contribution in [0.1, 0.15) is 39.5 Å². The number of carbonyl (C=O) groups is 1. The standard InChI is InChI=1S/C10H21BO/c1-3-5-7-11(9-10-12)8-6-4-2/h10H,3-9H2,1-2H3. The van der Waals surface area contributed by atoms with Gasteiger partial charge in [-0.1, -0.05) is 52.2 Å². The Bertz CT molecular complexity index is 96.0. The molecule has 0 unspecified atom stereocenters. The van der Waals surface area contributed by atoms with E-state index in [0.29, 0.717) is 6.71 Å². The molecule has 0 aliphatic rings. The molecule has 0 saturated heterocycles. The van der Waals surface area contributed by atoms with Gasteiger partial charge in [-0.15, -0.1) is 0 Å². The highest BCUT2D eigenvalue weighted by molar-refractivity contribution is 6.61. The van der Waals surface area contributed by atoms with Crippen molar-refractivity contribution in [3.05, 3.63) is 0 Å². The van der Waals surface area contributed by atoms with Crippen LogP contribution < -0.4 is 0 Å². The monoisotopic (exact) mass is 168 g/mol. The number of rotatable bonds is 8. The molecule has 0 spiro atoms. The smallest absolute Gasteiger partial charge is 0.148 e. The minimum atomic E-state index is 0.669. The van der Waals surface area contributed by atoms with Gasteiger partial charge in [-0.25, -0.2) is 0 Å². The average molecular weight is 168 g/mol. The number of hydrogen-bond acceptors (Lipinski definition) is 1. The van der Waals surface area contributed by atoms with E-state index in [1.807, 2.05) is 0 Å².